The highest BCUT2D eigenvalue weighted by Crippen LogP contribution is 2.42. The lowest BCUT2D eigenvalue weighted by atomic mass is 9.73. The minimum absolute atomic E-state index is 0.0780. The number of fused-ring (bicyclic) bond motifs is 2. The van der Waals surface area contributed by atoms with Gasteiger partial charge in [-0.05, 0) is 44.7 Å². The van der Waals surface area contributed by atoms with Gasteiger partial charge in [0.2, 0.25) is 0 Å². The average Bonchev–Trinajstić information content (AvgIpc) is 3.71. The molecule has 0 unspecified atom stereocenters. The Bertz CT molecular complexity index is 1510. The molecule has 0 aliphatic carbocycles. The monoisotopic (exact) mass is 544 g/mol. The molecule has 4 aromatic heterocycles. The Hall–Kier alpha value is -3.61. The molecular formula is C28H36N10O2. The van der Waals surface area contributed by atoms with E-state index < -0.39 is 0 Å². The molecule has 3 aliphatic rings. The lowest BCUT2D eigenvalue weighted by Gasteiger charge is -2.41. The van der Waals surface area contributed by atoms with Gasteiger partial charge >= 0.3 is 0 Å². The van der Waals surface area contributed by atoms with Crippen molar-refractivity contribution in [1.82, 2.24) is 34.9 Å². The van der Waals surface area contributed by atoms with E-state index in [0.717, 1.165) is 91.7 Å². The highest BCUT2D eigenvalue weighted by atomic mass is 16.5. The van der Waals surface area contributed by atoms with Gasteiger partial charge in [0, 0.05) is 50.0 Å². The Morgan fingerprint density at radius 2 is 2.05 bits per heavy atom. The number of aromatic nitrogens is 7. The molecule has 7 rings (SSSR count). The number of anilines is 3. The summed E-state index contributed by atoms with van der Waals surface area (Å²) in [6.07, 6.45) is 9.77. The van der Waals surface area contributed by atoms with Crippen LogP contribution >= 0.6 is 0 Å². The average molecular weight is 545 g/mol. The van der Waals surface area contributed by atoms with Gasteiger partial charge in [0.05, 0.1) is 55.3 Å². The van der Waals surface area contributed by atoms with Crippen LogP contribution in [0.3, 0.4) is 0 Å². The molecule has 210 valence electrons. The van der Waals surface area contributed by atoms with E-state index in [2.05, 4.69) is 44.2 Å². The molecule has 0 radical (unpaired) electrons. The van der Waals surface area contributed by atoms with Gasteiger partial charge in [-0.1, -0.05) is 0 Å². The third-order valence-corrected chi connectivity index (χ3v) is 8.91. The zero-order valence-corrected chi connectivity index (χ0v) is 23.1. The Labute approximate surface area is 232 Å². The first-order chi connectivity index (χ1) is 19.5. The standard InChI is InChI=1S/C28H36N10O2/c1-18-25(29)28(17-40-18)7-10-36(11-8-28)23-15-30-24-26(33-23)34-35-27(24)38-9-3-4-21-22(38)6-5-20(32-21)19-14-31-37(16-19)12-13-39-2/h5-6,14-16,18,25H,3-4,7-13,17,29H2,1-2H3,(H,33,34,35)/t18-,25+/m0/s1. The van der Waals surface area contributed by atoms with Crippen molar-refractivity contribution in [1.29, 1.82) is 0 Å². The third kappa shape index (κ3) is 4.30. The first-order valence-corrected chi connectivity index (χ1v) is 14.2. The Balaban J connectivity index is 1.10. The molecule has 0 bridgehead atoms. The number of aromatic amines is 1. The van der Waals surface area contributed by atoms with Gasteiger partial charge in [-0.3, -0.25) is 14.8 Å². The first-order valence-electron chi connectivity index (χ1n) is 14.2. The molecule has 2 saturated heterocycles. The summed E-state index contributed by atoms with van der Waals surface area (Å²) in [5, 5.41) is 12.2. The van der Waals surface area contributed by atoms with Crippen LogP contribution in [0.5, 0.6) is 0 Å². The predicted molar refractivity (Wildman–Crippen MR) is 152 cm³/mol. The summed E-state index contributed by atoms with van der Waals surface area (Å²) >= 11 is 0. The number of pyridine rings is 1. The largest absolute Gasteiger partial charge is 0.383 e. The molecule has 0 amide bonds. The van der Waals surface area contributed by atoms with Crippen molar-refractivity contribution in [3.05, 3.63) is 36.4 Å². The Kier molecular flexibility index (Phi) is 6.40. The molecular weight excluding hydrogens is 508 g/mol. The molecule has 3 aliphatic heterocycles. The van der Waals surface area contributed by atoms with Crippen LogP contribution < -0.4 is 15.5 Å². The van der Waals surface area contributed by atoms with Crippen molar-refractivity contribution in [2.24, 2.45) is 11.1 Å². The minimum Gasteiger partial charge on any atom is -0.383 e. The number of H-pyrrole nitrogens is 1. The van der Waals surface area contributed by atoms with E-state index in [1.165, 1.54) is 0 Å². The highest BCUT2D eigenvalue weighted by Gasteiger charge is 2.47. The molecule has 4 aromatic rings. The lowest BCUT2D eigenvalue weighted by molar-refractivity contribution is 0.0974. The van der Waals surface area contributed by atoms with E-state index in [9.17, 15) is 0 Å². The topological polar surface area (TPSA) is 136 Å². The summed E-state index contributed by atoms with van der Waals surface area (Å²) in [7, 11) is 1.70. The molecule has 0 aromatic carbocycles. The number of aryl methyl sites for hydroxylation is 1. The Morgan fingerprint density at radius 3 is 2.85 bits per heavy atom. The Morgan fingerprint density at radius 1 is 1.18 bits per heavy atom. The fourth-order valence-electron chi connectivity index (χ4n) is 6.41. The van der Waals surface area contributed by atoms with Crippen molar-refractivity contribution in [3.8, 4) is 11.3 Å². The number of ether oxygens (including phenoxy) is 2. The molecule has 12 heteroatoms. The maximum atomic E-state index is 6.51. The zero-order chi connectivity index (χ0) is 27.3. The smallest absolute Gasteiger partial charge is 0.183 e. The molecule has 0 saturated carbocycles. The number of nitrogens with two attached hydrogens (primary N) is 1. The van der Waals surface area contributed by atoms with E-state index in [1.807, 2.05) is 23.3 Å². The number of nitrogens with zero attached hydrogens (tertiary/aromatic N) is 8. The third-order valence-electron chi connectivity index (χ3n) is 8.91. The molecule has 7 heterocycles. The molecule has 2 atom stereocenters. The zero-order valence-electron chi connectivity index (χ0n) is 23.1. The predicted octanol–water partition coefficient (Wildman–Crippen LogP) is 2.67. The van der Waals surface area contributed by atoms with Crippen molar-refractivity contribution >= 4 is 28.5 Å². The minimum atomic E-state index is 0.0780. The number of rotatable bonds is 6. The van der Waals surface area contributed by atoms with Crippen molar-refractivity contribution in [3.63, 3.8) is 0 Å². The second-order valence-corrected chi connectivity index (χ2v) is 11.3. The van der Waals surface area contributed by atoms with Crippen LogP contribution in [-0.2, 0) is 22.4 Å². The van der Waals surface area contributed by atoms with Gasteiger partial charge in [0.1, 0.15) is 5.82 Å². The number of piperidine rings is 1. The second kappa shape index (κ2) is 10.1. The number of nitrogens with one attached hydrogen (secondary N) is 1. The normalized spacial score (nSPS) is 22.4. The van der Waals surface area contributed by atoms with E-state index in [-0.39, 0.29) is 17.6 Å². The molecule has 2 fully saturated rings. The number of hydrogen-bond acceptors (Lipinski definition) is 10. The van der Waals surface area contributed by atoms with Gasteiger partial charge in [0.25, 0.3) is 0 Å². The molecule has 3 N–H and O–H groups in total. The van der Waals surface area contributed by atoms with E-state index >= 15 is 0 Å². The van der Waals surface area contributed by atoms with Crippen molar-refractivity contribution < 1.29 is 9.47 Å². The van der Waals surface area contributed by atoms with Crippen LogP contribution in [0.2, 0.25) is 0 Å². The SMILES string of the molecule is COCCn1cc(-c2ccc3c(n2)CCCN3c2n[nH]c3nc(N4CCC5(CC4)CO[C@@H](C)[C@H]5N)cnc23)cn1. The maximum absolute atomic E-state index is 6.51. The fraction of sp³-hybridized carbons (Fsp3) is 0.536. The highest BCUT2D eigenvalue weighted by molar-refractivity contribution is 5.87. The van der Waals surface area contributed by atoms with Crippen LogP contribution in [0, 0.1) is 5.41 Å². The van der Waals surface area contributed by atoms with Gasteiger partial charge < -0.3 is 25.0 Å². The molecule has 12 nitrogen and oxygen atoms in total. The summed E-state index contributed by atoms with van der Waals surface area (Å²) < 4.78 is 12.9. The lowest BCUT2D eigenvalue weighted by Crippen LogP contribution is -2.50. The van der Waals surface area contributed by atoms with Crippen LogP contribution in [0.25, 0.3) is 22.4 Å². The summed E-state index contributed by atoms with van der Waals surface area (Å²) in [4.78, 5) is 19.3. The molecule has 1 spiro atoms. The second-order valence-electron chi connectivity index (χ2n) is 11.3. The summed E-state index contributed by atoms with van der Waals surface area (Å²) in [6, 6.07) is 4.28. The summed E-state index contributed by atoms with van der Waals surface area (Å²) in [6.45, 7) is 6.80. The number of methoxy groups -OCH3 is 1. The quantitative estimate of drug-likeness (QED) is 0.373. The van der Waals surface area contributed by atoms with Gasteiger partial charge in [-0.2, -0.15) is 10.2 Å². The van der Waals surface area contributed by atoms with E-state index in [0.29, 0.717) is 18.8 Å². The fourth-order valence-corrected chi connectivity index (χ4v) is 6.41. The van der Waals surface area contributed by atoms with Crippen molar-refractivity contribution in [2.75, 3.05) is 49.8 Å². The van der Waals surface area contributed by atoms with E-state index in [1.54, 1.807) is 7.11 Å². The van der Waals surface area contributed by atoms with Crippen molar-refractivity contribution in [2.45, 2.75) is 51.3 Å². The first kappa shape index (κ1) is 25.4. The van der Waals surface area contributed by atoms with Gasteiger partial charge in [0.15, 0.2) is 17.0 Å². The maximum Gasteiger partial charge on any atom is 0.183 e. The van der Waals surface area contributed by atoms with E-state index in [4.69, 9.17) is 30.2 Å². The molecule has 40 heavy (non-hydrogen) atoms. The number of hydrogen-bond donors (Lipinski definition) is 2. The van der Waals surface area contributed by atoms with Crippen LogP contribution in [0.1, 0.15) is 31.9 Å². The van der Waals surface area contributed by atoms with Gasteiger partial charge in [-0.15, -0.1) is 0 Å². The van der Waals surface area contributed by atoms with Crippen LogP contribution in [0.15, 0.2) is 30.7 Å². The summed E-state index contributed by atoms with van der Waals surface area (Å²) in [5.74, 6) is 1.66. The van der Waals surface area contributed by atoms with Crippen LogP contribution in [-0.4, -0.2) is 87.0 Å². The van der Waals surface area contributed by atoms with Gasteiger partial charge in [-0.25, -0.2) is 9.97 Å². The summed E-state index contributed by atoms with van der Waals surface area (Å²) in [5.41, 5.74) is 12.1. The van der Waals surface area contributed by atoms with Crippen LogP contribution in [0.4, 0.5) is 17.3 Å².